The van der Waals surface area contributed by atoms with Gasteiger partial charge in [-0.2, -0.15) is 0 Å². The number of nitrogens with one attached hydrogen (secondary N) is 2. The van der Waals surface area contributed by atoms with Gasteiger partial charge in [0.15, 0.2) is 0 Å². The van der Waals surface area contributed by atoms with Crippen LogP contribution in [0, 0.1) is 0 Å². The number of carbonyl (C=O) groups excluding carboxylic acids is 2. The van der Waals surface area contributed by atoms with Gasteiger partial charge in [-0.3, -0.25) is 14.4 Å². The van der Waals surface area contributed by atoms with Gasteiger partial charge in [-0.25, -0.2) is 0 Å². The predicted octanol–water partition coefficient (Wildman–Crippen LogP) is 4.06. The van der Waals surface area contributed by atoms with E-state index in [2.05, 4.69) is 10.6 Å². The van der Waals surface area contributed by atoms with Gasteiger partial charge in [-0.05, 0) is 58.5 Å². The third-order valence-electron chi connectivity index (χ3n) is 6.04. The van der Waals surface area contributed by atoms with Crippen LogP contribution in [0.3, 0.4) is 0 Å². The SMILES string of the molecule is CC(=O)NC(Cc1ccc(O)cc1)C(=O)Nc1ccc2c(c1)C(CCC(=O)O)c1ccccc1-2. The molecule has 0 bridgehead atoms. The van der Waals surface area contributed by atoms with E-state index < -0.39 is 12.0 Å². The van der Waals surface area contributed by atoms with Crippen molar-refractivity contribution in [3.8, 4) is 16.9 Å². The van der Waals surface area contributed by atoms with E-state index in [1.54, 1.807) is 12.1 Å². The fraction of sp³-hybridized carbons (Fsp3) is 0.222. The summed E-state index contributed by atoms with van der Waals surface area (Å²) in [6, 6.07) is 19.3. The van der Waals surface area contributed by atoms with E-state index in [1.165, 1.54) is 19.1 Å². The molecule has 2 unspecified atom stereocenters. The molecule has 1 aliphatic rings. The van der Waals surface area contributed by atoms with Gasteiger partial charge in [-0.15, -0.1) is 0 Å². The molecular weight excluding hydrogens is 432 g/mol. The number of phenols is 1. The maximum atomic E-state index is 13.1. The van der Waals surface area contributed by atoms with Crippen LogP contribution < -0.4 is 10.6 Å². The quantitative estimate of drug-likeness (QED) is 0.406. The lowest BCUT2D eigenvalue weighted by molar-refractivity contribution is -0.137. The Morgan fingerprint density at radius 1 is 0.941 bits per heavy atom. The molecule has 0 heterocycles. The molecule has 0 fully saturated rings. The summed E-state index contributed by atoms with van der Waals surface area (Å²) in [6.07, 6.45) is 0.779. The average molecular weight is 459 g/mol. The maximum Gasteiger partial charge on any atom is 0.303 e. The minimum Gasteiger partial charge on any atom is -0.508 e. The second kappa shape index (κ2) is 9.79. The first-order valence-electron chi connectivity index (χ1n) is 11.1. The van der Waals surface area contributed by atoms with Crippen molar-refractivity contribution in [2.45, 2.75) is 38.1 Å². The molecule has 34 heavy (non-hydrogen) atoms. The predicted molar refractivity (Wildman–Crippen MR) is 129 cm³/mol. The van der Waals surface area contributed by atoms with Crippen molar-refractivity contribution >= 4 is 23.5 Å². The molecule has 1 aliphatic carbocycles. The monoisotopic (exact) mass is 458 g/mol. The van der Waals surface area contributed by atoms with Crippen molar-refractivity contribution in [2.24, 2.45) is 0 Å². The number of hydrogen-bond acceptors (Lipinski definition) is 4. The molecule has 0 aliphatic heterocycles. The lowest BCUT2D eigenvalue weighted by Gasteiger charge is -2.19. The Hall–Kier alpha value is -4.13. The first-order chi connectivity index (χ1) is 16.3. The number of hydrogen-bond donors (Lipinski definition) is 4. The number of carboxylic acid groups (broad SMARTS) is 1. The van der Waals surface area contributed by atoms with E-state index in [0.717, 1.165) is 27.8 Å². The molecule has 7 nitrogen and oxygen atoms in total. The van der Waals surface area contributed by atoms with Crippen molar-refractivity contribution in [1.82, 2.24) is 5.32 Å². The molecule has 0 saturated carbocycles. The third kappa shape index (κ3) is 5.09. The lowest BCUT2D eigenvalue weighted by atomic mass is 9.92. The Labute approximate surface area is 197 Å². The molecule has 7 heteroatoms. The molecule has 2 atom stereocenters. The number of aromatic hydroxyl groups is 1. The fourth-order valence-corrected chi connectivity index (χ4v) is 4.52. The first-order valence-corrected chi connectivity index (χ1v) is 11.1. The smallest absolute Gasteiger partial charge is 0.303 e. The number of anilines is 1. The lowest BCUT2D eigenvalue weighted by Crippen LogP contribution is -2.44. The first kappa shape index (κ1) is 23.0. The van der Waals surface area contributed by atoms with Crippen molar-refractivity contribution in [1.29, 1.82) is 0 Å². The summed E-state index contributed by atoms with van der Waals surface area (Å²) in [5.74, 6) is -1.47. The Kier molecular flexibility index (Phi) is 6.63. The summed E-state index contributed by atoms with van der Waals surface area (Å²) in [5.41, 5.74) is 5.56. The van der Waals surface area contributed by atoms with Gasteiger partial charge in [0.25, 0.3) is 0 Å². The van der Waals surface area contributed by atoms with E-state index in [0.29, 0.717) is 12.1 Å². The molecule has 3 aromatic carbocycles. The van der Waals surface area contributed by atoms with Gasteiger partial charge in [0, 0.05) is 31.4 Å². The van der Waals surface area contributed by atoms with Gasteiger partial charge in [0.2, 0.25) is 11.8 Å². The Balaban J connectivity index is 1.57. The van der Waals surface area contributed by atoms with Crippen molar-refractivity contribution in [3.63, 3.8) is 0 Å². The van der Waals surface area contributed by atoms with Gasteiger partial charge in [0.05, 0.1) is 0 Å². The fourth-order valence-electron chi connectivity index (χ4n) is 4.52. The van der Waals surface area contributed by atoms with Crippen LogP contribution in [0.25, 0.3) is 11.1 Å². The number of aliphatic carboxylic acids is 1. The summed E-state index contributed by atoms with van der Waals surface area (Å²) in [7, 11) is 0. The number of phenolic OH excluding ortho intramolecular Hbond substituents is 1. The highest BCUT2D eigenvalue weighted by atomic mass is 16.4. The van der Waals surface area contributed by atoms with Crippen LogP contribution in [-0.4, -0.2) is 34.0 Å². The molecule has 0 saturated heterocycles. The summed E-state index contributed by atoms with van der Waals surface area (Å²) < 4.78 is 0. The number of amides is 2. The van der Waals surface area contributed by atoms with Crippen molar-refractivity contribution < 1.29 is 24.6 Å². The average Bonchev–Trinajstić information content (AvgIpc) is 3.11. The Bertz CT molecular complexity index is 1240. The highest BCUT2D eigenvalue weighted by Crippen LogP contribution is 2.47. The van der Waals surface area contributed by atoms with Crippen LogP contribution in [0.15, 0.2) is 66.7 Å². The van der Waals surface area contributed by atoms with Crippen molar-refractivity contribution in [3.05, 3.63) is 83.4 Å². The number of rotatable bonds is 8. The Morgan fingerprint density at radius 2 is 1.65 bits per heavy atom. The Morgan fingerprint density at radius 3 is 2.35 bits per heavy atom. The standard InChI is InChI=1S/C27H26N2O5/c1-16(30)28-25(14-17-6-9-19(31)10-7-17)27(34)29-18-8-11-22-20-4-2-3-5-21(20)23(24(22)15-18)12-13-26(32)33/h2-11,15,23,25,31H,12-14H2,1H3,(H,28,30)(H,29,34)(H,32,33). The van der Waals surface area contributed by atoms with Crippen LogP contribution in [0.4, 0.5) is 5.69 Å². The number of carbonyl (C=O) groups is 3. The zero-order valence-corrected chi connectivity index (χ0v) is 18.7. The molecule has 4 rings (SSSR count). The highest BCUT2D eigenvalue weighted by Gasteiger charge is 2.29. The summed E-state index contributed by atoms with van der Waals surface area (Å²) in [6.45, 7) is 1.36. The van der Waals surface area contributed by atoms with E-state index >= 15 is 0 Å². The van der Waals surface area contributed by atoms with E-state index in [4.69, 9.17) is 0 Å². The van der Waals surface area contributed by atoms with E-state index in [-0.39, 0.29) is 36.3 Å². The zero-order chi connectivity index (χ0) is 24.2. The number of benzene rings is 3. The summed E-state index contributed by atoms with van der Waals surface area (Å²) in [4.78, 5) is 36.0. The number of fused-ring (bicyclic) bond motifs is 3. The minimum absolute atomic E-state index is 0.0479. The molecular formula is C27H26N2O5. The van der Waals surface area contributed by atoms with Crippen molar-refractivity contribution in [2.75, 3.05) is 5.32 Å². The van der Waals surface area contributed by atoms with Crippen LogP contribution in [-0.2, 0) is 20.8 Å². The van der Waals surface area contributed by atoms with Crippen LogP contribution in [0.1, 0.15) is 42.4 Å². The normalized spacial score (nSPS) is 14.6. The molecule has 4 N–H and O–H groups in total. The maximum absolute atomic E-state index is 13.1. The number of carboxylic acids is 1. The second-order valence-electron chi connectivity index (χ2n) is 8.49. The molecule has 0 aromatic heterocycles. The molecule has 3 aromatic rings. The third-order valence-corrected chi connectivity index (χ3v) is 6.04. The summed E-state index contributed by atoms with van der Waals surface area (Å²) in [5, 5.41) is 24.3. The van der Waals surface area contributed by atoms with Gasteiger partial charge < -0.3 is 20.8 Å². The van der Waals surface area contributed by atoms with Crippen LogP contribution in [0.5, 0.6) is 5.75 Å². The van der Waals surface area contributed by atoms with Crippen LogP contribution in [0.2, 0.25) is 0 Å². The summed E-state index contributed by atoms with van der Waals surface area (Å²) >= 11 is 0. The van der Waals surface area contributed by atoms with Crippen LogP contribution >= 0.6 is 0 Å². The van der Waals surface area contributed by atoms with Gasteiger partial charge in [-0.1, -0.05) is 42.5 Å². The second-order valence-corrected chi connectivity index (χ2v) is 8.49. The van der Waals surface area contributed by atoms with Gasteiger partial charge >= 0.3 is 5.97 Å². The van der Waals surface area contributed by atoms with Gasteiger partial charge in [0.1, 0.15) is 11.8 Å². The molecule has 2 amide bonds. The van der Waals surface area contributed by atoms with E-state index in [9.17, 15) is 24.6 Å². The highest BCUT2D eigenvalue weighted by molar-refractivity contribution is 5.97. The zero-order valence-electron chi connectivity index (χ0n) is 18.7. The van der Waals surface area contributed by atoms with E-state index in [1.807, 2.05) is 42.5 Å². The molecule has 0 radical (unpaired) electrons. The topological polar surface area (TPSA) is 116 Å². The molecule has 174 valence electrons. The largest absolute Gasteiger partial charge is 0.508 e. The minimum atomic E-state index is -0.845. The molecule has 0 spiro atoms.